The Kier molecular flexibility index (Phi) is 38.3. The zero-order valence-electron chi connectivity index (χ0n) is 34.2. The summed E-state index contributed by atoms with van der Waals surface area (Å²) in [6, 6.07) is -0.739. The normalized spacial score (nSPS) is 13.9. The molecule has 6 heteroatoms. The van der Waals surface area contributed by atoms with Gasteiger partial charge in [-0.3, -0.25) is 9.59 Å². The summed E-state index contributed by atoms with van der Waals surface area (Å²) in [5, 5.41) is 23.4. The molecule has 0 aliphatic heterocycles. The molecule has 0 aromatic heterocycles. The number of unbranched alkanes of at least 4 members (excludes halogenated alkanes) is 20. The Morgan fingerprint density at radius 3 is 1.52 bits per heavy atom. The fraction of sp³-hybridized carbons (Fsp3) is 0.783. The molecular weight excluding hydrogens is 647 g/mol. The van der Waals surface area contributed by atoms with Crippen LogP contribution in [0.2, 0.25) is 0 Å². The number of hydrogen-bond donors (Lipinski definition) is 3. The molecule has 0 rings (SSSR count). The minimum atomic E-state index is -0.816. The Morgan fingerprint density at radius 1 is 0.577 bits per heavy atom. The van der Waals surface area contributed by atoms with Crippen LogP contribution >= 0.6 is 0 Å². The van der Waals surface area contributed by atoms with Crippen molar-refractivity contribution >= 4 is 11.9 Å². The Hall–Kier alpha value is -2.18. The topological polar surface area (TPSA) is 95.9 Å². The molecule has 6 nitrogen and oxygen atoms in total. The van der Waals surface area contributed by atoms with Crippen LogP contribution in [-0.2, 0) is 14.3 Å². The van der Waals surface area contributed by atoms with E-state index in [-0.39, 0.29) is 31.3 Å². The number of ether oxygens (including phenoxy) is 1. The van der Waals surface area contributed by atoms with Gasteiger partial charge in [-0.05, 0) is 57.4 Å². The number of amides is 1. The molecule has 52 heavy (non-hydrogen) atoms. The van der Waals surface area contributed by atoms with Gasteiger partial charge in [-0.2, -0.15) is 0 Å². The number of aliphatic hydroxyl groups excluding tert-OH is 2. The van der Waals surface area contributed by atoms with E-state index in [1.54, 1.807) is 6.08 Å². The third-order valence-electron chi connectivity index (χ3n) is 9.64. The summed E-state index contributed by atoms with van der Waals surface area (Å²) in [6.07, 6.45) is 46.4. The van der Waals surface area contributed by atoms with Gasteiger partial charge in [0.2, 0.25) is 5.91 Å². The fourth-order valence-corrected chi connectivity index (χ4v) is 6.27. The summed E-state index contributed by atoms with van der Waals surface area (Å²) in [4.78, 5) is 25.8. The first-order valence-corrected chi connectivity index (χ1v) is 21.9. The van der Waals surface area contributed by atoms with Crippen LogP contribution in [0.25, 0.3) is 0 Å². The Labute approximate surface area is 321 Å². The van der Waals surface area contributed by atoms with E-state index in [0.29, 0.717) is 19.3 Å². The van der Waals surface area contributed by atoms with Crippen LogP contribution < -0.4 is 5.32 Å². The van der Waals surface area contributed by atoms with Gasteiger partial charge in [0.05, 0.1) is 25.2 Å². The molecular formula is C46H83NO5. The summed E-state index contributed by atoms with van der Waals surface area (Å²) in [5.74, 6) is -0.688. The van der Waals surface area contributed by atoms with Gasteiger partial charge in [-0.15, -0.1) is 0 Å². The second-order valence-electron chi connectivity index (χ2n) is 14.7. The summed E-state index contributed by atoms with van der Waals surface area (Å²) in [6.45, 7) is 6.37. The van der Waals surface area contributed by atoms with Gasteiger partial charge in [0.1, 0.15) is 6.10 Å². The van der Waals surface area contributed by atoms with Crippen LogP contribution in [0.15, 0.2) is 48.6 Å². The van der Waals surface area contributed by atoms with Crippen molar-refractivity contribution in [3.8, 4) is 0 Å². The Bertz CT molecular complexity index is 910. The van der Waals surface area contributed by atoms with Gasteiger partial charge in [-0.1, -0.05) is 185 Å². The number of aliphatic hydroxyl groups is 2. The second kappa shape index (κ2) is 40.0. The number of allylic oxidation sites excluding steroid dienone is 7. The van der Waals surface area contributed by atoms with Gasteiger partial charge < -0.3 is 20.3 Å². The van der Waals surface area contributed by atoms with Crippen LogP contribution in [-0.4, -0.2) is 46.9 Å². The lowest BCUT2D eigenvalue weighted by Crippen LogP contribution is -2.46. The van der Waals surface area contributed by atoms with Crippen molar-refractivity contribution in [2.75, 3.05) is 6.61 Å². The predicted octanol–water partition coefficient (Wildman–Crippen LogP) is 12.3. The van der Waals surface area contributed by atoms with Gasteiger partial charge in [0.15, 0.2) is 0 Å². The van der Waals surface area contributed by atoms with Crippen molar-refractivity contribution < 1.29 is 24.5 Å². The first kappa shape index (κ1) is 49.8. The molecule has 0 radical (unpaired) electrons. The zero-order chi connectivity index (χ0) is 38.2. The molecule has 0 saturated carbocycles. The maximum absolute atomic E-state index is 13.0. The van der Waals surface area contributed by atoms with E-state index >= 15 is 0 Å². The molecule has 3 N–H and O–H groups in total. The molecule has 1 amide bonds. The monoisotopic (exact) mass is 730 g/mol. The number of carbonyl (C=O) groups excluding carboxylic acids is 2. The second-order valence-corrected chi connectivity index (χ2v) is 14.7. The summed E-state index contributed by atoms with van der Waals surface area (Å²) < 4.78 is 5.75. The quantitative estimate of drug-likeness (QED) is 0.0334. The van der Waals surface area contributed by atoms with Crippen LogP contribution in [0, 0.1) is 0 Å². The molecule has 0 aliphatic rings. The molecule has 0 fully saturated rings. The average molecular weight is 730 g/mol. The third-order valence-corrected chi connectivity index (χ3v) is 9.64. The van der Waals surface area contributed by atoms with E-state index in [9.17, 15) is 19.8 Å². The lowest BCUT2D eigenvalue weighted by Gasteiger charge is -2.23. The van der Waals surface area contributed by atoms with Crippen molar-refractivity contribution in [1.29, 1.82) is 0 Å². The maximum Gasteiger partial charge on any atom is 0.306 e. The van der Waals surface area contributed by atoms with E-state index in [0.717, 1.165) is 38.5 Å². The third kappa shape index (κ3) is 34.9. The summed E-state index contributed by atoms with van der Waals surface area (Å²) >= 11 is 0. The van der Waals surface area contributed by atoms with Crippen LogP contribution in [0.5, 0.6) is 0 Å². The van der Waals surface area contributed by atoms with E-state index < -0.39 is 18.2 Å². The number of hydrogen-bond acceptors (Lipinski definition) is 5. The number of rotatable bonds is 38. The number of nitrogens with one attached hydrogen (secondary N) is 1. The van der Waals surface area contributed by atoms with Gasteiger partial charge >= 0.3 is 5.97 Å². The fourth-order valence-electron chi connectivity index (χ4n) is 6.27. The van der Waals surface area contributed by atoms with Gasteiger partial charge in [0, 0.05) is 6.42 Å². The highest BCUT2D eigenvalue weighted by molar-refractivity contribution is 5.78. The minimum absolute atomic E-state index is 0.0514. The van der Waals surface area contributed by atoms with E-state index in [1.165, 1.54) is 116 Å². The van der Waals surface area contributed by atoms with Crippen molar-refractivity contribution in [3.05, 3.63) is 48.6 Å². The molecule has 302 valence electrons. The lowest BCUT2D eigenvalue weighted by molar-refractivity contribution is -0.148. The van der Waals surface area contributed by atoms with E-state index in [1.807, 2.05) is 12.2 Å². The van der Waals surface area contributed by atoms with E-state index in [2.05, 4.69) is 56.5 Å². The zero-order valence-corrected chi connectivity index (χ0v) is 34.2. The van der Waals surface area contributed by atoms with Crippen LogP contribution in [0.3, 0.4) is 0 Å². The largest absolute Gasteiger partial charge is 0.458 e. The molecule has 0 aliphatic carbocycles. The van der Waals surface area contributed by atoms with Crippen molar-refractivity contribution in [2.24, 2.45) is 0 Å². The van der Waals surface area contributed by atoms with E-state index in [4.69, 9.17) is 4.74 Å². The highest BCUT2D eigenvalue weighted by Gasteiger charge is 2.23. The van der Waals surface area contributed by atoms with Crippen molar-refractivity contribution in [3.63, 3.8) is 0 Å². The molecule has 3 unspecified atom stereocenters. The molecule has 0 aromatic carbocycles. The molecule has 0 spiro atoms. The first-order chi connectivity index (χ1) is 25.5. The van der Waals surface area contributed by atoms with Crippen molar-refractivity contribution in [1.82, 2.24) is 5.32 Å². The maximum atomic E-state index is 13.0. The highest BCUT2D eigenvalue weighted by atomic mass is 16.5. The predicted molar refractivity (Wildman–Crippen MR) is 222 cm³/mol. The Morgan fingerprint density at radius 2 is 1.02 bits per heavy atom. The van der Waals surface area contributed by atoms with Gasteiger partial charge in [0.25, 0.3) is 0 Å². The highest BCUT2D eigenvalue weighted by Crippen LogP contribution is 2.14. The van der Waals surface area contributed by atoms with Crippen molar-refractivity contribution in [2.45, 2.75) is 225 Å². The molecule has 3 atom stereocenters. The molecule has 0 saturated heterocycles. The summed E-state index contributed by atoms with van der Waals surface area (Å²) in [5.41, 5.74) is 0. The van der Waals surface area contributed by atoms with Gasteiger partial charge in [-0.25, -0.2) is 0 Å². The number of esters is 1. The summed E-state index contributed by atoms with van der Waals surface area (Å²) in [7, 11) is 0. The smallest absolute Gasteiger partial charge is 0.306 e. The number of carbonyl (C=O) groups is 2. The average Bonchev–Trinajstić information content (AvgIpc) is 3.13. The Balaban J connectivity index is 4.79. The SMILES string of the molecule is CCCCCCCC/C=C\C/C=C/CCC(=O)OC(/C=C/C/C=C\CCCCCCCC)CC(=O)NC(CO)C(O)CCCCCCCCCCC. The lowest BCUT2D eigenvalue weighted by atomic mass is 10.0. The first-order valence-electron chi connectivity index (χ1n) is 21.9. The van der Waals surface area contributed by atoms with Crippen LogP contribution in [0.4, 0.5) is 0 Å². The van der Waals surface area contributed by atoms with Crippen LogP contribution in [0.1, 0.15) is 207 Å². The standard InChI is InChI=1S/C46H83NO5/c1-4-7-10-13-16-19-21-22-24-27-30-33-36-39-46(51)52-42(37-34-31-28-26-23-20-17-14-11-8-5-2)40-45(50)47-43(41-48)44(49)38-35-32-29-25-18-15-12-9-6-3/h22,24,26,28,30,33-34,37,42-44,48-49H,4-21,23,25,27,29,31-32,35-36,38-41H2,1-3H3,(H,47,50)/b24-22-,28-26-,33-30+,37-34+. The molecule has 0 aromatic rings. The molecule has 0 bridgehead atoms. The molecule has 0 heterocycles. The minimum Gasteiger partial charge on any atom is -0.458 e.